The van der Waals surface area contributed by atoms with Crippen LogP contribution in [0.1, 0.15) is 5.56 Å². The fourth-order valence-electron chi connectivity index (χ4n) is 1.67. The van der Waals surface area contributed by atoms with Crippen molar-refractivity contribution in [3.63, 3.8) is 0 Å². The van der Waals surface area contributed by atoms with Crippen molar-refractivity contribution in [1.82, 2.24) is 0 Å². The van der Waals surface area contributed by atoms with E-state index in [9.17, 15) is 9.90 Å². The van der Waals surface area contributed by atoms with Gasteiger partial charge in [-0.1, -0.05) is 0 Å². The van der Waals surface area contributed by atoms with Gasteiger partial charge in [0.1, 0.15) is 22.5 Å². The molecule has 0 aliphatic carbocycles. The fourth-order valence-corrected chi connectivity index (χ4v) is 1.67. The van der Waals surface area contributed by atoms with Crippen LogP contribution in [0.4, 0.5) is 0 Å². The lowest BCUT2D eigenvalue weighted by molar-refractivity contribution is 0.309. The summed E-state index contributed by atoms with van der Waals surface area (Å²) < 4.78 is 15.2. The summed E-state index contributed by atoms with van der Waals surface area (Å²) >= 11 is 0. The topological polar surface area (TPSA) is 68.9 Å². The van der Waals surface area contributed by atoms with Crippen LogP contribution in [0.5, 0.6) is 17.4 Å². The summed E-state index contributed by atoms with van der Waals surface area (Å²) in [4.78, 5) is 11.8. The molecule has 0 spiro atoms. The predicted molar refractivity (Wildman–Crippen MR) is 62.0 cm³/mol. The molecule has 0 saturated heterocycles. The minimum absolute atomic E-state index is 0.0906. The van der Waals surface area contributed by atoms with Gasteiger partial charge >= 0.3 is 0 Å². The van der Waals surface area contributed by atoms with E-state index in [1.165, 1.54) is 20.3 Å². The summed E-state index contributed by atoms with van der Waals surface area (Å²) in [5.41, 5.74) is 0.373. The van der Waals surface area contributed by atoms with Gasteiger partial charge < -0.3 is 19.0 Å². The minimum atomic E-state index is -0.355. The second-order valence-electron chi connectivity index (χ2n) is 3.56. The van der Waals surface area contributed by atoms with Crippen LogP contribution in [-0.4, -0.2) is 19.3 Å². The van der Waals surface area contributed by atoms with Crippen molar-refractivity contribution in [1.29, 1.82) is 0 Å². The van der Waals surface area contributed by atoms with Crippen LogP contribution in [0.3, 0.4) is 0 Å². The lowest BCUT2D eigenvalue weighted by Gasteiger charge is -2.09. The molecule has 1 N–H and O–H groups in total. The molecule has 0 aliphatic rings. The molecule has 0 unspecified atom stereocenters. The van der Waals surface area contributed by atoms with Crippen LogP contribution in [0.15, 0.2) is 21.3 Å². The minimum Gasteiger partial charge on any atom is -0.507 e. The highest BCUT2D eigenvalue weighted by atomic mass is 16.6. The number of rotatable bonds is 2. The van der Waals surface area contributed by atoms with Crippen molar-refractivity contribution < 1.29 is 19.0 Å². The van der Waals surface area contributed by atoms with Gasteiger partial charge in [0.15, 0.2) is 5.43 Å². The number of aromatic hydroxyl groups is 1. The third-order valence-electron chi connectivity index (χ3n) is 2.60. The molecule has 0 atom stereocenters. The van der Waals surface area contributed by atoms with Crippen molar-refractivity contribution in [3.8, 4) is 17.4 Å². The Morgan fingerprint density at radius 2 is 1.94 bits per heavy atom. The van der Waals surface area contributed by atoms with E-state index in [0.29, 0.717) is 11.3 Å². The summed E-state index contributed by atoms with van der Waals surface area (Å²) in [5, 5.41) is 10.1. The summed E-state index contributed by atoms with van der Waals surface area (Å²) in [6.45, 7) is 1.66. The molecule has 1 heterocycles. The lowest BCUT2D eigenvalue weighted by Crippen LogP contribution is -2.02. The first kappa shape index (κ1) is 11.3. The van der Waals surface area contributed by atoms with Crippen LogP contribution in [0, 0.1) is 6.92 Å². The average Bonchev–Trinajstić information content (AvgIpc) is 2.32. The Morgan fingerprint density at radius 1 is 1.24 bits per heavy atom. The Bertz CT molecular complexity index is 627. The molecule has 0 radical (unpaired) electrons. The number of phenolic OH excluding ortho intramolecular Hbond substituents is 1. The third-order valence-corrected chi connectivity index (χ3v) is 2.60. The van der Waals surface area contributed by atoms with E-state index < -0.39 is 0 Å². The molecule has 0 bridgehead atoms. The van der Waals surface area contributed by atoms with E-state index >= 15 is 0 Å². The summed E-state index contributed by atoms with van der Waals surface area (Å²) in [5.74, 6) is 0.412. The number of fused-ring (bicyclic) bond motifs is 1. The second-order valence-corrected chi connectivity index (χ2v) is 3.56. The number of hydrogen-bond acceptors (Lipinski definition) is 5. The Hall–Kier alpha value is -2.17. The summed E-state index contributed by atoms with van der Waals surface area (Å²) in [6.07, 6.45) is 0. The van der Waals surface area contributed by atoms with Crippen molar-refractivity contribution >= 4 is 11.0 Å². The highest BCUT2D eigenvalue weighted by Crippen LogP contribution is 2.34. The van der Waals surface area contributed by atoms with Gasteiger partial charge in [-0.3, -0.25) is 4.79 Å². The van der Waals surface area contributed by atoms with Crippen molar-refractivity contribution in [3.05, 3.63) is 27.9 Å². The van der Waals surface area contributed by atoms with Crippen LogP contribution in [0.2, 0.25) is 0 Å². The Labute approximate surface area is 97.2 Å². The first-order chi connectivity index (χ1) is 8.08. The maximum absolute atomic E-state index is 11.8. The first-order valence-electron chi connectivity index (χ1n) is 4.97. The normalized spacial score (nSPS) is 10.5. The zero-order valence-corrected chi connectivity index (χ0v) is 9.73. The quantitative estimate of drug-likeness (QED) is 0.861. The van der Waals surface area contributed by atoms with Crippen LogP contribution in [-0.2, 0) is 0 Å². The Balaban J connectivity index is 2.91. The molecule has 0 aliphatic heterocycles. The van der Waals surface area contributed by atoms with E-state index in [1.54, 1.807) is 13.0 Å². The second kappa shape index (κ2) is 4.01. The molecule has 5 nitrogen and oxygen atoms in total. The molecule has 2 rings (SSSR count). The zero-order valence-electron chi connectivity index (χ0n) is 9.73. The van der Waals surface area contributed by atoms with Crippen LogP contribution in [0.25, 0.3) is 11.0 Å². The summed E-state index contributed by atoms with van der Waals surface area (Å²) in [6, 6.07) is 2.74. The largest absolute Gasteiger partial charge is 0.507 e. The molecule has 17 heavy (non-hydrogen) atoms. The molecule has 5 heteroatoms. The van der Waals surface area contributed by atoms with E-state index in [4.69, 9.17) is 13.9 Å². The third kappa shape index (κ3) is 1.69. The average molecular weight is 236 g/mol. The van der Waals surface area contributed by atoms with Gasteiger partial charge in [-0.15, -0.1) is 0 Å². The number of ether oxygens (including phenoxy) is 2. The van der Waals surface area contributed by atoms with E-state index in [-0.39, 0.29) is 28.1 Å². The van der Waals surface area contributed by atoms with Gasteiger partial charge in [-0.2, -0.15) is 0 Å². The molecule has 1 aromatic heterocycles. The van der Waals surface area contributed by atoms with Gasteiger partial charge in [0.05, 0.1) is 20.3 Å². The molecule has 2 aromatic rings. The smallest absolute Gasteiger partial charge is 0.288 e. The number of phenols is 1. The Morgan fingerprint density at radius 3 is 2.53 bits per heavy atom. The number of benzene rings is 1. The van der Waals surface area contributed by atoms with E-state index in [1.807, 2.05) is 0 Å². The molecule has 1 aromatic carbocycles. The molecule has 90 valence electrons. The number of methoxy groups -OCH3 is 2. The fraction of sp³-hybridized carbons (Fsp3) is 0.250. The van der Waals surface area contributed by atoms with Crippen molar-refractivity contribution in [2.45, 2.75) is 6.92 Å². The predicted octanol–water partition coefficient (Wildman–Crippen LogP) is 1.82. The molecule has 0 saturated carbocycles. The van der Waals surface area contributed by atoms with Gasteiger partial charge in [-0.25, -0.2) is 0 Å². The SMILES string of the molecule is COc1cc(=O)c2c(O)c(C)c(OC)cc2o1. The monoisotopic (exact) mass is 236 g/mol. The highest BCUT2D eigenvalue weighted by molar-refractivity contribution is 5.86. The van der Waals surface area contributed by atoms with Crippen molar-refractivity contribution in [2.75, 3.05) is 14.2 Å². The van der Waals surface area contributed by atoms with Gasteiger partial charge in [0, 0.05) is 11.6 Å². The Kier molecular flexibility index (Phi) is 2.67. The molecular weight excluding hydrogens is 224 g/mol. The zero-order chi connectivity index (χ0) is 12.6. The first-order valence-corrected chi connectivity index (χ1v) is 4.97. The summed E-state index contributed by atoms with van der Waals surface area (Å²) in [7, 11) is 2.88. The standard InChI is InChI=1S/C12H12O5/c1-6-8(15-2)5-9-11(12(6)14)7(13)4-10(16-3)17-9/h4-5,14H,1-3H3. The maximum atomic E-state index is 11.8. The van der Waals surface area contributed by atoms with Gasteiger partial charge in [-0.05, 0) is 6.92 Å². The molecule has 0 fully saturated rings. The number of hydrogen-bond donors (Lipinski definition) is 1. The van der Waals surface area contributed by atoms with Crippen LogP contribution < -0.4 is 14.9 Å². The van der Waals surface area contributed by atoms with Crippen LogP contribution >= 0.6 is 0 Å². The maximum Gasteiger partial charge on any atom is 0.288 e. The van der Waals surface area contributed by atoms with Gasteiger partial charge in [0.25, 0.3) is 5.95 Å². The van der Waals surface area contributed by atoms with Crippen molar-refractivity contribution in [2.24, 2.45) is 0 Å². The lowest BCUT2D eigenvalue weighted by atomic mass is 10.1. The van der Waals surface area contributed by atoms with E-state index in [0.717, 1.165) is 0 Å². The highest BCUT2D eigenvalue weighted by Gasteiger charge is 2.15. The van der Waals surface area contributed by atoms with Gasteiger partial charge in [0.2, 0.25) is 0 Å². The molecular formula is C12H12O5. The van der Waals surface area contributed by atoms with E-state index in [2.05, 4.69) is 0 Å². The molecule has 0 amide bonds.